The number of thiazole rings is 1. The van der Waals surface area contributed by atoms with Gasteiger partial charge >= 0.3 is 0 Å². The van der Waals surface area contributed by atoms with Crippen molar-refractivity contribution in [2.45, 2.75) is 30.6 Å². The highest BCUT2D eigenvalue weighted by atomic mass is 32.2. The molecule has 1 unspecified atom stereocenters. The standard InChI is InChI=1S/C22H25N3O5S2/c1-22(21(27)24-28,32(3,29)30)11-10-20-23-17-9-8-15(12-19(17)31-20)6-4-5-7-16-13-25(2)18(16)14-26/h8-9,12,16,18,26,28H,10-11,13-14H2,1-3H3,(H,24,27)/t16-,18+,22?/m1/s1. The highest BCUT2D eigenvalue weighted by molar-refractivity contribution is 7.92. The molecule has 0 aliphatic carbocycles. The van der Waals surface area contributed by atoms with Gasteiger partial charge in [-0.05, 0) is 50.4 Å². The predicted octanol–water partition coefficient (Wildman–Crippen LogP) is 0.815. The number of hydroxylamine groups is 1. The molecule has 3 rings (SSSR count). The zero-order chi connectivity index (χ0) is 23.5. The molecule has 1 fully saturated rings. The Morgan fingerprint density at radius 2 is 2.16 bits per heavy atom. The van der Waals surface area contributed by atoms with Gasteiger partial charge in [0, 0.05) is 30.8 Å². The van der Waals surface area contributed by atoms with Gasteiger partial charge in [0.05, 0.1) is 27.7 Å². The second-order valence-electron chi connectivity index (χ2n) is 8.05. The Kier molecular flexibility index (Phi) is 7.23. The summed E-state index contributed by atoms with van der Waals surface area (Å²) in [5.74, 6) is 11.0. The summed E-state index contributed by atoms with van der Waals surface area (Å²) in [6.45, 7) is 2.20. The number of nitrogens with one attached hydrogen (secondary N) is 1. The van der Waals surface area contributed by atoms with Crippen LogP contribution in [0.2, 0.25) is 0 Å². The normalized spacial score (nSPS) is 20.3. The Bertz CT molecular complexity index is 1250. The largest absolute Gasteiger partial charge is 0.395 e. The number of aryl methyl sites for hydroxylation is 1. The fourth-order valence-electron chi connectivity index (χ4n) is 3.47. The maximum atomic E-state index is 12.1. The zero-order valence-corrected chi connectivity index (χ0v) is 19.7. The second-order valence-corrected chi connectivity index (χ2v) is 11.6. The highest BCUT2D eigenvalue weighted by Crippen LogP contribution is 2.28. The van der Waals surface area contributed by atoms with Gasteiger partial charge in [0.2, 0.25) is 0 Å². The van der Waals surface area contributed by atoms with E-state index < -0.39 is 20.5 Å². The Hall–Kier alpha value is -2.47. The number of sulfone groups is 1. The van der Waals surface area contributed by atoms with Crippen molar-refractivity contribution in [2.75, 3.05) is 26.5 Å². The second kappa shape index (κ2) is 9.57. The molecular weight excluding hydrogens is 450 g/mol. The van der Waals surface area contributed by atoms with E-state index in [4.69, 9.17) is 5.21 Å². The van der Waals surface area contributed by atoms with E-state index in [0.717, 1.165) is 28.6 Å². The number of hydrogen-bond donors (Lipinski definition) is 3. The third-order valence-electron chi connectivity index (χ3n) is 5.88. The topological polar surface area (TPSA) is 120 Å². The first-order valence-corrected chi connectivity index (χ1v) is 12.7. The van der Waals surface area contributed by atoms with Crippen molar-refractivity contribution in [2.24, 2.45) is 5.92 Å². The van der Waals surface area contributed by atoms with Crippen LogP contribution >= 0.6 is 11.3 Å². The number of aromatic nitrogens is 1. The third kappa shape index (κ3) is 4.96. The SMILES string of the molecule is CN1C[C@@H](C#CC#Cc2ccc3nc(CCC(C)(C(=O)NO)S(C)(=O)=O)sc3c2)[C@@H]1CO. The number of fused-ring (bicyclic) bond motifs is 1. The van der Waals surface area contributed by atoms with Gasteiger partial charge in [0.1, 0.15) is 4.75 Å². The summed E-state index contributed by atoms with van der Waals surface area (Å²) < 4.78 is 23.4. The summed E-state index contributed by atoms with van der Waals surface area (Å²) in [6, 6.07) is 5.65. The molecule has 3 N–H and O–H groups in total. The number of carbonyl (C=O) groups is 1. The van der Waals surface area contributed by atoms with E-state index in [1.165, 1.54) is 23.7 Å². The molecule has 2 heterocycles. The lowest BCUT2D eigenvalue weighted by Crippen LogP contribution is -2.55. The Morgan fingerprint density at radius 3 is 2.78 bits per heavy atom. The summed E-state index contributed by atoms with van der Waals surface area (Å²) in [5, 5.41) is 18.9. The molecule has 1 saturated heterocycles. The molecule has 0 bridgehead atoms. The quantitative estimate of drug-likeness (QED) is 0.321. The maximum absolute atomic E-state index is 12.1. The lowest BCUT2D eigenvalue weighted by molar-refractivity contribution is -0.131. The molecule has 10 heteroatoms. The summed E-state index contributed by atoms with van der Waals surface area (Å²) in [4.78, 5) is 18.5. The molecule has 0 spiro atoms. The minimum atomic E-state index is -3.75. The van der Waals surface area contributed by atoms with Crippen molar-refractivity contribution >= 4 is 37.3 Å². The van der Waals surface area contributed by atoms with Crippen LogP contribution in [0.5, 0.6) is 0 Å². The van der Waals surface area contributed by atoms with Crippen LogP contribution in [-0.2, 0) is 21.1 Å². The summed E-state index contributed by atoms with van der Waals surface area (Å²) in [6.07, 6.45) is 1.23. The average molecular weight is 476 g/mol. The fourth-order valence-corrected chi connectivity index (χ4v) is 5.33. The zero-order valence-electron chi connectivity index (χ0n) is 18.0. The molecule has 1 aromatic carbocycles. The Morgan fingerprint density at radius 1 is 1.41 bits per heavy atom. The van der Waals surface area contributed by atoms with Crippen molar-refractivity contribution in [1.29, 1.82) is 0 Å². The first kappa shape index (κ1) is 24.2. The predicted molar refractivity (Wildman–Crippen MR) is 123 cm³/mol. The van der Waals surface area contributed by atoms with Crippen molar-refractivity contribution in [3.8, 4) is 23.7 Å². The molecule has 3 atom stereocenters. The molecule has 0 radical (unpaired) electrons. The van der Waals surface area contributed by atoms with E-state index in [1.807, 2.05) is 25.2 Å². The van der Waals surface area contributed by atoms with Crippen LogP contribution in [0.4, 0.5) is 0 Å². The number of amides is 1. The van der Waals surface area contributed by atoms with Gasteiger partial charge < -0.3 is 5.11 Å². The van der Waals surface area contributed by atoms with E-state index in [9.17, 15) is 18.3 Å². The number of rotatable bonds is 6. The smallest absolute Gasteiger partial charge is 0.264 e. The number of aliphatic hydroxyl groups is 1. The first-order valence-electron chi connectivity index (χ1n) is 9.95. The molecule has 2 aromatic rings. The lowest BCUT2D eigenvalue weighted by Gasteiger charge is -2.42. The van der Waals surface area contributed by atoms with Gasteiger partial charge in [-0.3, -0.25) is 14.9 Å². The first-order chi connectivity index (χ1) is 15.1. The highest BCUT2D eigenvalue weighted by Gasteiger charge is 2.43. The van der Waals surface area contributed by atoms with Crippen LogP contribution in [0.3, 0.4) is 0 Å². The van der Waals surface area contributed by atoms with Gasteiger partial charge in [-0.25, -0.2) is 18.9 Å². The van der Waals surface area contributed by atoms with Crippen LogP contribution in [-0.4, -0.2) is 71.8 Å². The van der Waals surface area contributed by atoms with Crippen LogP contribution in [0.1, 0.15) is 23.9 Å². The number of likely N-dealkylation sites (tertiary alicyclic amines) is 1. The number of likely N-dealkylation sites (N-methyl/N-ethyl adjacent to an activating group) is 1. The fraction of sp³-hybridized carbons (Fsp3) is 0.455. The number of hydrogen-bond acceptors (Lipinski definition) is 8. The minimum Gasteiger partial charge on any atom is -0.395 e. The van der Waals surface area contributed by atoms with Crippen molar-refractivity contribution in [3.05, 3.63) is 28.8 Å². The third-order valence-corrected chi connectivity index (χ3v) is 8.98. The van der Waals surface area contributed by atoms with Gasteiger partial charge in [-0.1, -0.05) is 11.8 Å². The van der Waals surface area contributed by atoms with E-state index in [0.29, 0.717) is 5.01 Å². The number of carbonyl (C=O) groups excluding carboxylic acids is 1. The molecule has 170 valence electrons. The monoisotopic (exact) mass is 475 g/mol. The van der Waals surface area contributed by atoms with E-state index in [2.05, 4.69) is 33.6 Å². The van der Waals surface area contributed by atoms with Crippen LogP contribution in [0.15, 0.2) is 18.2 Å². The summed E-state index contributed by atoms with van der Waals surface area (Å²) >= 11 is 1.41. The number of nitrogens with zero attached hydrogens (tertiary/aromatic N) is 2. The minimum absolute atomic E-state index is 0.00844. The molecule has 0 saturated carbocycles. The summed E-state index contributed by atoms with van der Waals surface area (Å²) in [5.41, 5.74) is 3.00. The van der Waals surface area contributed by atoms with Gasteiger partial charge in [-0.2, -0.15) is 0 Å². The maximum Gasteiger partial charge on any atom is 0.264 e. The summed E-state index contributed by atoms with van der Waals surface area (Å²) in [7, 11) is -1.80. The lowest BCUT2D eigenvalue weighted by atomic mass is 9.90. The van der Waals surface area contributed by atoms with Crippen molar-refractivity contribution in [1.82, 2.24) is 15.4 Å². The molecular formula is C22H25N3O5S2. The van der Waals surface area contributed by atoms with Crippen LogP contribution in [0.25, 0.3) is 10.2 Å². The average Bonchev–Trinajstić information content (AvgIpc) is 3.15. The van der Waals surface area contributed by atoms with Gasteiger partial charge in [0.15, 0.2) is 9.84 Å². The molecule has 1 aliphatic heterocycles. The van der Waals surface area contributed by atoms with Gasteiger partial charge in [-0.15, -0.1) is 11.3 Å². The van der Waals surface area contributed by atoms with E-state index in [1.54, 1.807) is 0 Å². The number of benzene rings is 1. The molecule has 8 nitrogen and oxygen atoms in total. The van der Waals surface area contributed by atoms with E-state index in [-0.39, 0.29) is 31.4 Å². The Balaban J connectivity index is 1.71. The van der Waals surface area contributed by atoms with Crippen molar-refractivity contribution < 1.29 is 23.5 Å². The van der Waals surface area contributed by atoms with Crippen LogP contribution < -0.4 is 5.48 Å². The van der Waals surface area contributed by atoms with Crippen LogP contribution in [0, 0.1) is 29.6 Å². The Labute approximate surface area is 191 Å². The molecule has 1 aliphatic rings. The molecule has 32 heavy (non-hydrogen) atoms. The number of aliphatic hydroxyl groups excluding tert-OH is 1. The van der Waals surface area contributed by atoms with Crippen molar-refractivity contribution in [3.63, 3.8) is 0 Å². The molecule has 1 aromatic heterocycles. The van der Waals surface area contributed by atoms with E-state index >= 15 is 0 Å². The molecule has 1 amide bonds. The van der Waals surface area contributed by atoms with Gasteiger partial charge in [0.25, 0.3) is 5.91 Å².